The van der Waals surface area contributed by atoms with E-state index < -0.39 is 63.8 Å². The molecule has 0 aromatic heterocycles. The zero-order chi connectivity index (χ0) is 31.0. The van der Waals surface area contributed by atoms with Gasteiger partial charge in [-0.05, 0) is 71.6 Å². The van der Waals surface area contributed by atoms with Gasteiger partial charge in [-0.15, -0.1) is 0 Å². The van der Waals surface area contributed by atoms with Crippen molar-refractivity contribution in [1.29, 1.82) is 0 Å². The summed E-state index contributed by atoms with van der Waals surface area (Å²) >= 11 is 0. The van der Waals surface area contributed by atoms with Crippen LogP contribution in [0.1, 0.15) is 34.6 Å². The summed E-state index contributed by atoms with van der Waals surface area (Å²) in [6.45, 7) is 14.3. The Hall–Kier alpha value is -3.20. The molecule has 2 heterocycles. The van der Waals surface area contributed by atoms with Crippen molar-refractivity contribution in [1.82, 2.24) is 4.90 Å². The number of carbonyl (C=O) groups excluding carboxylic acids is 3. The number of β-lactam (4-membered cyclic amide) rings is 1. The van der Waals surface area contributed by atoms with E-state index in [1.54, 1.807) is 69.3 Å². The lowest BCUT2D eigenvalue weighted by Gasteiger charge is -2.48. The predicted molar refractivity (Wildman–Crippen MR) is 162 cm³/mol. The molecule has 2 aromatic carbocycles. The maximum absolute atomic E-state index is 14.8. The van der Waals surface area contributed by atoms with Gasteiger partial charge in [0.15, 0.2) is 14.0 Å². The van der Waals surface area contributed by atoms with E-state index >= 15 is 0 Å². The van der Waals surface area contributed by atoms with E-state index in [1.165, 1.54) is 4.90 Å². The Bertz CT molecular complexity index is 1370. The standard InChI is InChI=1S/C31H40NO8PSi/c1-20-25-24(21(2)40-42(6,7)8)28(33)32(25)26(29(34)37-19-38-30(35)31(3,4)5)27(20)39-41(36,22-15-11-9-12-16-22)23-17-13-10-14-18-23/h9-18,20-21,24-25H,19H2,1-8H3/t20-,21-,24-,25-/m1/s1. The molecule has 2 aromatic rings. The van der Waals surface area contributed by atoms with E-state index in [-0.39, 0.29) is 17.4 Å². The minimum Gasteiger partial charge on any atom is -0.439 e. The zero-order valence-electron chi connectivity index (χ0n) is 25.5. The number of ether oxygens (including phenoxy) is 2. The maximum Gasteiger partial charge on any atom is 0.361 e. The first-order chi connectivity index (χ1) is 19.6. The number of esters is 2. The van der Waals surface area contributed by atoms with Crippen molar-refractivity contribution in [2.45, 2.75) is 66.4 Å². The van der Waals surface area contributed by atoms with Crippen molar-refractivity contribution in [2.75, 3.05) is 6.79 Å². The molecule has 1 saturated heterocycles. The minimum absolute atomic E-state index is 0.0965. The van der Waals surface area contributed by atoms with Gasteiger partial charge in [-0.2, -0.15) is 0 Å². The van der Waals surface area contributed by atoms with Crippen LogP contribution >= 0.6 is 7.37 Å². The molecule has 0 radical (unpaired) electrons. The van der Waals surface area contributed by atoms with Gasteiger partial charge in [0, 0.05) is 5.92 Å². The summed E-state index contributed by atoms with van der Waals surface area (Å²) in [6, 6.07) is 17.1. The molecule has 1 fully saturated rings. The molecule has 9 nitrogen and oxygen atoms in total. The smallest absolute Gasteiger partial charge is 0.361 e. The number of fused-ring (bicyclic) bond motifs is 1. The van der Waals surface area contributed by atoms with Crippen LogP contribution in [0, 0.1) is 17.3 Å². The number of carbonyl (C=O) groups is 3. The topological polar surface area (TPSA) is 108 Å². The van der Waals surface area contributed by atoms with Gasteiger partial charge in [-0.3, -0.25) is 19.1 Å². The van der Waals surface area contributed by atoms with Gasteiger partial charge in [0.2, 0.25) is 12.7 Å². The van der Waals surface area contributed by atoms with Gasteiger partial charge in [0.05, 0.1) is 34.1 Å². The molecular weight excluding hydrogens is 573 g/mol. The molecule has 2 aliphatic rings. The van der Waals surface area contributed by atoms with Crippen LogP contribution in [0.15, 0.2) is 72.1 Å². The minimum atomic E-state index is -3.79. The summed E-state index contributed by atoms with van der Waals surface area (Å²) in [7, 11) is -5.77. The number of hydrogen-bond donors (Lipinski definition) is 0. The van der Waals surface area contributed by atoms with Gasteiger partial charge < -0.3 is 18.4 Å². The molecule has 0 spiro atoms. The SMILES string of the molecule is C[C@@H](O[Si](C)(C)C)[C@H]1C(=O)N2C(C(=O)OCOC(=O)C(C)(C)C)=C(OP(=O)(c3ccccc3)c3ccccc3)[C@H](C)[C@H]12. The highest BCUT2D eigenvalue weighted by atomic mass is 31.2. The molecule has 11 heteroatoms. The average Bonchev–Trinajstić information content (AvgIpc) is 3.15. The average molecular weight is 614 g/mol. The first-order valence-electron chi connectivity index (χ1n) is 14.1. The molecule has 0 bridgehead atoms. The van der Waals surface area contributed by atoms with E-state index in [1.807, 2.05) is 45.6 Å². The van der Waals surface area contributed by atoms with E-state index in [4.69, 9.17) is 18.4 Å². The van der Waals surface area contributed by atoms with Crippen LogP contribution in [0.3, 0.4) is 0 Å². The summed E-state index contributed by atoms with van der Waals surface area (Å²) in [5.41, 5.74) is -0.925. The molecular formula is C31H40NO8PSi. The van der Waals surface area contributed by atoms with Crippen LogP contribution in [0.2, 0.25) is 19.6 Å². The Labute approximate surface area is 248 Å². The van der Waals surface area contributed by atoms with Crippen LogP contribution in [-0.4, -0.2) is 50.0 Å². The van der Waals surface area contributed by atoms with Crippen molar-refractivity contribution in [2.24, 2.45) is 17.3 Å². The molecule has 2 aliphatic heterocycles. The highest BCUT2D eigenvalue weighted by Crippen LogP contribution is 2.55. The highest BCUT2D eigenvalue weighted by molar-refractivity contribution is 7.74. The summed E-state index contributed by atoms with van der Waals surface area (Å²) < 4.78 is 38.0. The lowest BCUT2D eigenvalue weighted by Crippen LogP contribution is -2.64. The predicted octanol–water partition coefficient (Wildman–Crippen LogP) is 4.95. The molecule has 0 N–H and O–H groups in total. The molecule has 0 saturated carbocycles. The second kappa shape index (κ2) is 11.8. The van der Waals surface area contributed by atoms with Crippen LogP contribution in [0.25, 0.3) is 0 Å². The molecule has 4 atom stereocenters. The summed E-state index contributed by atoms with van der Waals surface area (Å²) in [5, 5.41) is 0.880. The third-order valence-electron chi connectivity index (χ3n) is 7.24. The normalized spacial score (nSPS) is 21.4. The largest absolute Gasteiger partial charge is 0.439 e. The second-order valence-electron chi connectivity index (χ2n) is 12.7. The Kier molecular flexibility index (Phi) is 8.93. The van der Waals surface area contributed by atoms with Crippen LogP contribution in [0.5, 0.6) is 0 Å². The summed E-state index contributed by atoms with van der Waals surface area (Å²) in [6.07, 6.45) is -0.396. The molecule has 42 heavy (non-hydrogen) atoms. The lowest BCUT2D eigenvalue weighted by atomic mass is 9.79. The molecule has 0 aliphatic carbocycles. The number of nitrogens with zero attached hydrogens (tertiary/aromatic N) is 1. The maximum atomic E-state index is 14.8. The zero-order valence-corrected chi connectivity index (χ0v) is 27.3. The molecule has 226 valence electrons. The Morgan fingerprint density at radius 3 is 1.95 bits per heavy atom. The fourth-order valence-electron chi connectivity index (χ4n) is 5.31. The third-order valence-corrected chi connectivity index (χ3v) is 10.7. The van der Waals surface area contributed by atoms with E-state index in [0.717, 1.165) is 0 Å². The molecule has 4 rings (SSSR count). The van der Waals surface area contributed by atoms with E-state index in [0.29, 0.717) is 10.6 Å². The van der Waals surface area contributed by atoms with Gasteiger partial charge in [-0.1, -0.05) is 43.3 Å². The number of rotatable bonds is 10. The number of amides is 1. The van der Waals surface area contributed by atoms with Crippen LogP contribution in [0.4, 0.5) is 0 Å². The van der Waals surface area contributed by atoms with Gasteiger partial charge in [-0.25, -0.2) is 4.79 Å². The number of hydrogen-bond acceptors (Lipinski definition) is 8. The molecule has 0 unspecified atom stereocenters. The van der Waals surface area contributed by atoms with Crippen molar-refractivity contribution >= 4 is 44.1 Å². The van der Waals surface area contributed by atoms with E-state index in [9.17, 15) is 18.9 Å². The third kappa shape index (κ3) is 6.26. The van der Waals surface area contributed by atoms with Crippen LogP contribution in [-0.2, 0) is 37.4 Å². The monoisotopic (exact) mass is 613 g/mol. The van der Waals surface area contributed by atoms with Crippen molar-refractivity contribution in [3.63, 3.8) is 0 Å². The second-order valence-corrected chi connectivity index (χ2v) is 19.5. The fourth-order valence-corrected chi connectivity index (χ4v) is 8.74. The van der Waals surface area contributed by atoms with Crippen molar-refractivity contribution in [3.8, 4) is 0 Å². The highest BCUT2D eigenvalue weighted by Gasteiger charge is 2.62. The Morgan fingerprint density at radius 2 is 1.48 bits per heavy atom. The van der Waals surface area contributed by atoms with Crippen LogP contribution < -0.4 is 10.6 Å². The quantitative estimate of drug-likeness (QED) is 0.122. The molecule has 1 amide bonds. The Morgan fingerprint density at radius 1 is 0.952 bits per heavy atom. The first kappa shape index (κ1) is 31.7. The summed E-state index contributed by atoms with van der Waals surface area (Å²) in [4.78, 5) is 40.8. The summed E-state index contributed by atoms with van der Waals surface area (Å²) in [5.74, 6) is -2.68. The van der Waals surface area contributed by atoms with E-state index in [2.05, 4.69) is 0 Å². The Balaban J connectivity index is 1.74. The van der Waals surface area contributed by atoms with Gasteiger partial charge in [0.1, 0.15) is 5.76 Å². The lowest BCUT2D eigenvalue weighted by molar-refractivity contribution is -0.175. The van der Waals surface area contributed by atoms with Crippen molar-refractivity contribution in [3.05, 3.63) is 72.1 Å². The van der Waals surface area contributed by atoms with Gasteiger partial charge >= 0.3 is 19.3 Å². The first-order valence-corrected chi connectivity index (χ1v) is 19.1. The van der Waals surface area contributed by atoms with Gasteiger partial charge in [0.25, 0.3) is 0 Å². The fraction of sp³-hybridized carbons (Fsp3) is 0.452. The number of benzene rings is 2. The van der Waals surface area contributed by atoms with Crippen molar-refractivity contribution < 1.29 is 37.4 Å².